The van der Waals surface area contributed by atoms with Crippen LogP contribution in [0.15, 0.2) is 60.2 Å². The Morgan fingerprint density at radius 2 is 2.26 bits per heavy atom. The van der Waals surface area contributed by atoms with Crippen LogP contribution < -0.4 is 5.32 Å². The van der Waals surface area contributed by atoms with E-state index in [-0.39, 0.29) is 18.1 Å². The van der Waals surface area contributed by atoms with E-state index < -0.39 is 0 Å². The Bertz CT molecular complexity index is 956. The van der Waals surface area contributed by atoms with E-state index in [4.69, 9.17) is 11.6 Å². The Morgan fingerprint density at radius 3 is 3.00 bits per heavy atom. The average molecular weight is 382 g/mol. The molecule has 140 valence electrons. The van der Waals surface area contributed by atoms with E-state index in [0.717, 1.165) is 22.7 Å². The highest BCUT2D eigenvalue weighted by atomic mass is 35.5. The number of nitrogens with zero attached hydrogens (tertiary/aromatic N) is 2. The van der Waals surface area contributed by atoms with Crippen molar-refractivity contribution in [1.82, 2.24) is 14.9 Å². The zero-order chi connectivity index (χ0) is 19.0. The van der Waals surface area contributed by atoms with Crippen LogP contribution in [0.2, 0.25) is 5.02 Å². The lowest BCUT2D eigenvalue weighted by Gasteiger charge is -2.36. The molecule has 1 aromatic carbocycles. The molecule has 4 rings (SSSR count). The molecule has 2 aromatic rings. The third-order valence-corrected chi connectivity index (χ3v) is 6.01. The van der Waals surface area contributed by atoms with Gasteiger partial charge in [-0.15, -0.1) is 0 Å². The molecule has 4 nitrogen and oxygen atoms in total. The number of rotatable bonds is 4. The van der Waals surface area contributed by atoms with Crippen molar-refractivity contribution < 1.29 is 5.11 Å². The Balaban J connectivity index is 1.96. The Kier molecular flexibility index (Phi) is 4.70. The van der Waals surface area contributed by atoms with Crippen LogP contribution in [0.3, 0.4) is 0 Å². The van der Waals surface area contributed by atoms with Crippen molar-refractivity contribution >= 4 is 17.7 Å². The Labute approximate surface area is 164 Å². The number of aliphatic hydroxyl groups is 1. The van der Waals surface area contributed by atoms with Gasteiger partial charge in [-0.2, -0.15) is 0 Å². The topological polar surface area (TPSA) is 50.1 Å². The number of aryl methyl sites for hydroxylation is 1. The summed E-state index contributed by atoms with van der Waals surface area (Å²) in [6, 6.07) is 6.29. The molecule has 0 saturated heterocycles. The number of aromatic nitrogens is 2. The molecule has 0 saturated carbocycles. The number of dihydropyridines is 1. The molecule has 0 spiro atoms. The van der Waals surface area contributed by atoms with Gasteiger partial charge in [-0.05, 0) is 66.4 Å². The molecule has 2 unspecified atom stereocenters. The molecule has 1 aliphatic heterocycles. The van der Waals surface area contributed by atoms with E-state index in [9.17, 15) is 5.11 Å². The van der Waals surface area contributed by atoms with Gasteiger partial charge >= 0.3 is 0 Å². The van der Waals surface area contributed by atoms with Crippen LogP contribution in [0.1, 0.15) is 30.2 Å². The third-order valence-electron chi connectivity index (χ3n) is 5.78. The number of benzene rings is 1. The standard InChI is InChI=1S/C22H24ClN3O/c1-22(7-9-27,21-13-24-14-26(21)2)19-11-16-10-17(23)6-5-15(16)12-20-18(19)4-3-8-25-20/h3-6,8,10-11,13-14,20,25,27H,7,9,12H2,1-2H3. The summed E-state index contributed by atoms with van der Waals surface area (Å²) in [6.45, 7) is 2.29. The van der Waals surface area contributed by atoms with Gasteiger partial charge in [0.15, 0.2) is 0 Å². The number of halogens is 1. The highest BCUT2D eigenvalue weighted by Crippen LogP contribution is 2.43. The summed E-state index contributed by atoms with van der Waals surface area (Å²) in [4.78, 5) is 4.33. The first-order chi connectivity index (χ1) is 13.0. The molecular formula is C22H24ClN3O. The van der Waals surface area contributed by atoms with Gasteiger partial charge in [0.25, 0.3) is 0 Å². The number of fused-ring (bicyclic) bond motifs is 2. The zero-order valence-corrected chi connectivity index (χ0v) is 16.4. The van der Waals surface area contributed by atoms with Gasteiger partial charge in [-0.3, -0.25) is 0 Å². The minimum absolute atomic E-state index is 0.0998. The second-order valence-corrected chi connectivity index (χ2v) is 7.94. The highest BCUT2D eigenvalue weighted by Gasteiger charge is 2.38. The lowest BCUT2D eigenvalue weighted by molar-refractivity contribution is 0.255. The summed E-state index contributed by atoms with van der Waals surface area (Å²) in [6.07, 6.45) is 13.7. The summed E-state index contributed by atoms with van der Waals surface area (Å²) < 4.78 is 2.04. The van der Waals surface area contributed by atoms with Crippen molar-refractivity contribution in [3.8, 4) is 0 Å². The van der Waals surface area contributed by atoms with Gasteiger partial charge in [0.1, 0.15) is 0 Å². The summed E-state index contributed by atoms with van der Waals surface area (Å²) in [5.74, 6) is 0. The van der Waals surface area contributed by atoms with E-state index in [1.54, 1.807) is 0 Å². The molecule has 2 aliphatic rings. The summed E-state index contributed by atoms with van der Waals surface area (Å²) >= 11 is 6.30. The van der Waals surface area contributed by atoms with E-state index >= 15 is 0 Å². The molecule has 0 bridgehead atoms. The number of imidazole rings is 1. The minimum atomic E-state index is -0.374. The zero-order valence-electron chi connectivity index (χ0n) is 15.6. The van der Waals surface area contributed by atoms with Gasteiger partial charge < -0.3 is 15.0 Å². The second-order valence-electron chi connectivity index (χ2n) is 7.50. The molecule has 1 aromatic heterocycles. The summed E-state index contributed by atoms with van der Waals surface area (Å²) in [7, 11) is 2.00. The predicted molar refractivity (Wildman–Crippen MR) is 110 cm³/mol. The molecule has 2 N–H and O–H groups in total. The van der Waals surface area contributed by atoms with Crippen LogP contribution in [0, 0.1) is 0 Å². The number of nitrogens with one attached hydrogen (secondary N) is 1. The van der Waals surface area contributed by atoms with Crippen molar-refractivity contribution in [3.63, 3.8) is 0 Å². The fourth-order valence-corrected chi connectivity index (χ4v) is 4.49. The first kappa shape index (κ1) is 18.1. The van der Waals surface area contributed by atoms with E-state index in [1.165, 1.54) is 16.7 Å². The predicted octanol–water partition coefficient (Wildman–Crippen LogP) is 3.77. The average Bonchev–Trinajstić information content (AvgIpc) is 3.01. The van der Waals surface area contributed by atoms with Gasteiger partial charge in [0.05, 0.1) is 12.4 Å². The van der Waals surface area contributed by atoms with E-state index in [0.29, 0.717) is 6.42 Å². The van der Waals surface area contributed by atoms with Crippen LogP contribution >= 0.6 is 11.6 Å². The molecule has 0 amide bonds. The molecular weight excluding hydrogens is 358 g/mol. The van der Waals surface area contributed by atoms with Crippen LogP contribution in [0.4, 0.5) is 0 Å². The van der Waals surface area contributed by atoms with Crippen molar-refractivity contribution in [2.45, 2.75) is 31.2 Å². The van der Waals surface area contributed by atoms with Crippen LogP contribution in [0.25, 0.3) is 6.08 Å². The maximum Gasteiger partial charge on any atom is 0.0945 e. The van der Waals surface area contributed by atoms with Gasteiger partial charge in [0, 0.05) is 36.0 Å². The fraction of sp³-hybridized carbons (Fsp3) is 0.318. The summed E-state index contributed by atoms with van der Waals surface area (Å²) in [5, 5.41) is 14.1. The van der Waals surface area contributed by atoms with Crippen molar-refractivity contribution in [2.75, 3.05) is 6.61 Å². The molecule has 1 aliphatic carbocycles. The molecule has 0 fully saturated rings. The summed E-state index contributed by atoms with van der Waals surface area (Å²) in [5.41, 5.74) is 5.57. The highest BCUT2D eigenvalue weighted by molar-refractivity contribution is 6.30. The number of hydrogen-bond donors (Lipinski definition) is 2. The maximum absolute atomic E-state index is 9.90. The van der Waals surface area contributed by atoms with Crippen LogP contribution in [-0.4, -0.2) is 27.3 Å². The first-order valence-corrected chi connectivity index (χ1v) is 9.62. The van der Waals surface area contributed by atoms with Crippen LogP contribution in [-0.2, 0) is 18.9 Å². The first-order valence-electron chi connectivity index (χ1n) is 9.24. The van der Waals surface area contributed by atoms with E-state index in [2.05, 4.69) is 35.4 Å². The monoisotopic (exact) mass is 381 g/mol. The smallest absolute Gasteiger partial charge is 0.0945 e. The number of aliphatic hydroxyl groups excluding tert-OH is 1. The SMILES string of the molecule is Cn1cncc1C(C)(CCO)C1=Cc2cc(Cl)ccc2CC2NC=CC=C12. The largest absolute Gasteiger partial charge is 0.396 e. The van der Waals surface area contributed by atoms with Crippen molar-refractivity contribution in [3.05, 3.63) is 82.1 Å². The quantitative estimate of drug-likeness (QED) is 0.847. The number of allylic oxidation sites excluding steroid dienone is 2. The molecule has 0 radical (unpaired) electrons. The lowest BCUT2D eigenvalue weighted by Crippen LogP contribution is -2.37. The van der Waals surface area contributed by atoms with Gasteiger partial charge in [0.2, 0.25) is 0 Å². The second kappa shape index (κ2) is 7.02. The fourth-order valence-electron chi connectivity index (χ4n) is 4.31. The Hall–Kier alpha value is -2.30. The maximum atomic E-state index is 9.90. The third kappa shape index (κ3) is 3.13. The minimum Gasteiger partial charge on any atom is -0.396 e. The molecule has 27 heavy (non-hydrogen) atoms. The molecule has 5 heteroatoms. The molecule has 2 heterocycles. The van der Waals surface area contributed by atoms with E-state index in [1.807, 2.05) is 48.5 Å². The Morgan fingerprint density at radius 1 is 1.41 bits per heavy atom. The number of hydrogen-bond acceptors (Lipinski definition) is 3. The lowest BCUT2D eigenvalue weighted by atomic mass is 9.71. The van der Waals surface area contributed by atoms with Crippen LogP contribution in [0.5, 0.6) is 0 Å². The van der Waals surface area contributed by atoms with Gasteiger partial charge in [-0.25, -0.2) is 4.98 Å². The molecule has 2 atom stereocenters. The van der Waals surface area contributed by atoms with Crippen molar-refractivity contribution in [2.24, 2.45) is 7.05 Å². The van der Waals surface area contributed by atoms with Crippen molar-refractivity contribution in [1.29, 1.82) is 0 Å². The normalized spacial score (nSPS) is 20.5. The van der Waals surface area contributed by atoms with Gasteiger partial charge in [-0.1, -0.05) is 29.8 Å².